The van der Waals surface area contributed by atoms with Crippen molar-refractivity contribution in [1.29, 1.82) is 0 Å². The number of pyridine rings is 1. The van der Waals surface area contributed by atoms with Gasteiger partial charge in [-0.2, -0.15) is 0 Å². The number of piperazine rings is 1. The van der Waals surface area contributed by atoms with E-state index in [2.05, 4.69) is 16.0 Å². The normalized spacial score (nSPS) is 16.8. The summed E-state index contributed by atoms with van der Waals surface area (Å²) in [4.78, 5) is 33.6. The molecule has 0 radical (unpaired) electrons. The van der Waals surface area contributed by atoms with Gasteiger partial charge in [-0.25, -0.2) is 13.8 Å². The average Bonchev–Trinajstić information content (AvgIpc) is 2.66. The Bertz CT molecular complexity index is 964. The Kier molecular flexibility index (Phi) is 4.94. The van der Waals surface area contributed by atoms with Gasteiger partial charge in [0.1, 0.15) is 23.0 Å². The molecule has 0 atom stereocenters. The summed E-state index contributed by atoms with van der Waals surface area (Å²) in [6.45, 7) is 6.16. The number of halogens is 2. The first kappa shape index (κ1) is 19.3. The zero-order valence-corrected chi connectivity index (χ0v) is 16.4. The van der Waals surface area contributed by atoms with E-state index >= 15 is 0 Å². The Balaban J connectivity index is 1.47. The number of carbonyl (C=O) groups excluding carboxylic acids is 2. The van der Waals surface area contributed by atoms with Gasteiger partial charge in [-0.1, -0.05) is 6.07 Å². The minimum Gasteiger partial charge on any atom is -0.353 e. The van der Waals surface area contributed by atoms with Gasteiger partial charge in [-0.05, 0) is 37.1 Å². The fourth-order valence-electron chi connectivity index (χ4n) is 3.83. The number of aromatic nitrogens is 1. The second-order valence-corrected chi connectivity index (χ2v) is 7.51. The number of benzene rings is 1. The fourth-order valence-corrected chi connectivity index (χ4v) is 3.83. The Morgan fingerprint density at radius 2 is 1.66 bits per heavy atom. The summed E-state index contributed by atoms with van der Waals surface area (Å²) in [6.07, 6.45) is 2.17. The van der Waals surface area contributed by atoms with Crippen molar-refractivity contribution in [1.82, 2.24) is 9.88 Å². The second kappa shape index (κ2) is 7.42. The third-order valence-electron chi connectivity index (χ3n) is 5.46. The van der Waals surface area contributed by atoms with Crippen LogP contribution in [0, 0.1) is 25.5 Å². The second-order valence-electron chi connectivity index (χ2n) is 7.51. The molecule has 1 aromatic heterocycles. The van der Waals surface area contributed by atoms with Gasteiger partial charge in [0.05, 0.1) is 0 Å². The smallest absolute Gasteiger partial charge is 0.259 e. The summed E-state index contributed by atoms with van der Waals surface area (Å²) in [5.74, 6) is -1.87. The van der Waals surface area contributed by atoms with E-state index in [4.69, 9.17) is 0 Å². The highest BCUT2D eigenvalue weighted by Crippen LogP contribution is 2.28. The molecule has 0 bridgehead atoms. The summed E-state index contributed by atoms with van der Waals surface area (Å²) < 4.78 is 29.1. The molecule has 2 aliphatic heterocycles. The van der Waals surface area contributed by atoms with Crippen LogP contribution in [0.2, 0.25) is 0 Å². The minimum absolute atomic E-state index is 0.151. The molecule has 0 saturated carbocycles. The topological polar surface area (TPSA) is 56.8 Å². The van der Waals surface area contributed by atoms with E-state index in [0.717, 1.165) is 29.1 Å². The van der Waals surface area contributed by atoms with Crippen molar-refractivity contribution < 1.29 is 18.4 Å². The highest BCUT2D eigenvalue weighted by Gasteiger charge is 2.31. The van der Waals surface area contributed by atoms with Crippen LogP contribution in [0.5, 0.6) is 0 Å². The molecule has 2 aromatic rings. The summed E-state index contributed by atoms with van der Waals surface area (Å²) in [6, 6.07) is 4.17. The number of β-lactam (4-membered cyclic amide) rings is 1. The maximum atomic E-state index is 14.6. The number of nitrogens with zero attached hydrogens (tertiary/aromatic N) is 4. The first-order valence-corrected chi connectivity index (χ1v) is 9.62. The van der Waals surface area contributed by atoms with Gasteiger partial charge in [0, 0.05) is 51.0 Å². The van der Waals surface area contributed by atoms with E-state index in [1.54, 1.807) is 6.20 Å². The zero-order chi connectivity index (χ0) is 20.7. The number of anilines is 2. The molecule has 29 heavy (non-hydrogen) atoms. The number of hydrogen-bond acceptors (Lipinski definition) is 4. The predicted octanol–water partition coefficient (Wildman–Crippen LogP) is 2.68. The third kappa shape index (κ3) is 3.54. The van der Waals surface area contributed by atoms with Crippen LogP contribution in [0.1, 0.15) is 27.9 Å². The summed E-state index contributed by atoms with van der Waals surface area (Å²) in [7, 11) is 0. The van der Waals surface area contributed by atoms with Crippen LogP contribution in [-0.2, 0) is 4.79 Å². The molecule has 0 unspecified atom stereocenters. The fraction of sp³-hybridized carbons (Fsp3) is 0.381. The Morgan fingerprint density at radius 1 is 1.00 bits per heavy atom. The Morgan fingerprint density at radius 3 is 2.17 bits per heavy atom. The predicted molar refractivity (Wildman–Crippen MR) is 105 cm³/mol. The summed E-state index contributed by atoms with van der Waals surface area (Å²) in [5, 5.41) is 0. The monoisotopic (exact) mass is 400 g/mol. The lowest BCUT2D eigenvalue weighted by molar-refractivity contribution is -0.122. The summed E-state index contributed by atoms with van der Waals surface area (Å²) >= 11 is 0. The Hall–Kier alpha value is -3.03. The lowest BCUT2D eigenvalue weighted by atomic mass is 10.1. The van der Waals surface area contributed by atoms with Gasteiger partial charge in [0.2, 0.25) is 5.91 Å². The lowest BCUT2D eigenvalue weighted by Gasteiger charge is -2.36. The molecule has 3 heterocycles. The van der Waals surface area contributed by atoms with Gasteiger partial charge < -0.3 is 14.7 Å². The van der Waals surface area contributed by atoms with Crippen molar-refractivity contribution in [3.63, 3.8) is 0 Å². The van der Waals surface area contributed by atoms with E-state index < -0.39 is 23.1 Å². The van der Waals surface area contributed by atoms with Gasteiger partial charge in [-0.3, -0.25) is 9.59 Å². The van der Waals surface area contributed by atoms with Crippen LogP contribution in [0.3, 0.4) is 0 Å². The largest absolute Gasteiger partial charge is 0.353 e. The van der Waals surface area contributed by atoms with E-state index in [9.17, 15) is 18.4 Å². The first-order chi connectivity index (χ1) is 13.8. The molecule has 152 valence electrons. The van der Waals surface area contributed by atoms with E-state index in [-0.39, 0.29) is 11.6 Å². The third-order valence-corrected chi connectivity index (χ3v) is 5.46. The van der Waals surface area contributed by atoms with Crippen molar-refractivity contribution in [3.8, 4) is 0 Å². The highest BCUT2D eigenvalue weighted by atomic mass is 19.1. The number of rotatable bonds is 3. The molecule has 2 saturated heterocycles. The van der Waals surface area contributed by atoms with E-state index in [0.29, 0.717) is 39.1 Å². The molecule has 8 heteroatoms. The highest BCUT2D eigenvalue weighted by molar-refractivity contribution is 6.00. The number of amides is 2. The number of carbonyl (C=O) groups is 2. The molecule has 6 nitrogen and oxygen atoms in total. The summed E-state index contributed by atoms with van der Waals surface area (Å²) in [5.41, 5.74) is 1.71. The molecule has 4 rings (SSSR count). The van der Waals surface area contributed by atoms with Gasteiger partial charge >= 0.3 is 0 Å². The molecular formula is C21H22F2N4O2. The molecule has 0 spiro atoms. The van der Waals surface area contributed by atoms with Crippen LogP contribution >= 0.6 is 0 Å². The molecule has 2 aliphatic rings. The van der Waals surface area contributed by atoms with Crippen molar-refractivity contribution >= 4 is 23.3 Å². The molecule has 0 N–H and O–H groups in total. The molecule has 1 aromatic carbocycles. The van der Waals surface area contributed by atoms with Crippen molar-refractivity contribution in [2.75, 3.05) is 42.5 Å². The Labute approximate surface area is 167 Å². The van der Waals surface area contributed by atoms with Gasteiger partial charge in [-0.15, -0.1) is 0 Å². The lowest BCUT2D eigenvalue weighted by Crippen LogP contribution is -2.49. The van der Waals surface area contributed by atoms with Crippen molar-refractivity contribution in [2.45, 2.75) is 20.3 Å². The van der Waals surface area contributed by atoms with Crippen LogP contribution in [0.15, 0.2) is 24.4 Å². The van der Waals surface area contributed by atoms with Crippen molar-refractivity contribution in [2.24, 2.45) is 0 Å². The van der Waals surface area contributed by atoms with Crippen molar-refractivity contribution in [3.05, 3.63) is 52.7 Å². The van der Waals surface area contributed by atoms with Gasteiger partial charge in [0.15, 0.2) is 0 Å². The molecule has 2 amide bonds. The standard InChI is InChI=1S/C21H22F2N4O2/c1-13-9-14(2)20(24-12-13)25-5-7-26(8-6-25)21(29)19-16(22)10-15(11-17(19)23)27-4-3-18(27)28/h9-12H,3-8H2,1-2H3. The van der Waals surface area contributed by atoms with Crippen LogP contribution < -0.4 is 9.80 Å². The SMILES string of the molecule is Cc1cnc(N2CCN(C(=O)c3c(F)cc(N4CCC4=O)cc3F)CC2)c(C)c1. The molecule has 2 fully saturated rings. The number of hydrogen-bond donors (Lipinski definition) is 0. The van der Waals surface area contributed by atoms with Crippen LogP contribution in [0.4, 0.5) is 20.3 Å². The van der Waals surface area contributed by atoms with Crippen LogP contribution in [0.25, 0.3) is 0 Å². The molecule has 0 aliphatic carbocycles. The van der Waals surface area contributed by atoms with E-state index in [1.807, 2.05) is 13.8 Å². The average molecular weight is 400 g/mol. The zero-order valence-electron chi connectivity index (χ0n) is 16.4. The maximum Gasteiger partial charge on any atom is 0.259 e. The minimum atomic E-state index is -0.942. The number of aryl methyl sites for hydroxylation is 2. The first-order valence-electron chi connectivity index (χ1n) is 9.62. The van der Waals surface area contributed by atoms with Crippen LogP contribution in [-0.4, -0.2) is 54.4 Å². The maximum absolute atomic E-state index is 14.6. The quantitative estimate of drug-likeness (QED) is 0.744. The van der Waals surface area contributed by atoms with E-state index in [1.165, 1.54) is 9.80 Å². The molecular weight excluding hydrogens is 378 g/mol. The van der Waals surface area contributed by atoms with Gasteiger partial charge in [0.25, 0.3) is 5.91 Å².